The minimum absolute atomic E-state index is 0.405. The summed E-state index contributed by atoms with van der Waals surface area (Å²) in [7, 11) is -1.75. The standard InChI is InChI=1S/C13H20N2O2S/c1-15(9-3-8-14)18(16,17)13-7-6-11-4-2-5-12(11)10-13/h6-7,10H,2-5,8-9,14H2,1H3. The van der Waals surface area contributed by atoms with Crippen LogP contribution in [-0.2, 0) is 22.9 Å². The number of fused-ring (bicyclic) bond motifs is 1. The van der Waals surface area contributed by atoms with Crippen molar-refractivity contribution in [1.82, 2.24) is 4.31 Å². The summed E-state index contributed by atoms with van der Waals surface area (Å²) in [6.45, 7) is 0.972. The van der Waals surface area contributed by atoms with Crippen molar-refractivity contribution >= 4 is 10.0 Å². The van der Waals surface area contributed by atoms with E-state index in [1.54, 1.807) is 13.1 Å². The van der Waals surface area contributed by atoms with Crippen LogP contribution in [0.3, 0.4) is 0 Å². The number of sulfonamides is 1. The smallest absolute Gasteiger partial charge is 0.242 e. The SMILES string of the molecule is CN(CCCN)S(=O)(=O)c1ccc2c(c1)CCC2. The molecule has 0 bridgehead atoms. The predicted molar refractivity (Wildman–Crippen MR) is 72.0 cm³/mol. The third-order valence-electron chi connectivity index (χ3n) is 3.46. The van der Waals surface area contributed by atoms with Crippen LogP contribution < -0.4 is 5.73 Å². The zero-order chi connectivity index (χ0) is 13.2. The number of nitrogens with zero attached hydrogens (tertiary/aromatic N) is 1. The van der Waals surface area contributed by atoms with E-state index in [9.17, 15) is 8.42 Å². The van der Waals surface area contributed by atoms with Gasteiger partial charge < -0.3 is 5.73 Å². The van der Waals surface area contributed by atoms with Gasteiger partial charge in [0.25, 0.3) is 0 Å². The van der Waals surface area contributed by atoms with Crippen molar-refractivity contribution in [3.8, 4) is 0 Å². The first-order chi connectivity index (χ1) is 8.55. The van der Waals surface area contributed by atoms with Crippen molar-refractivity contribution in [2.45, 2.75) is 30.6 Å². The first-order valence-corrected chi connectivity index (χ1v) is 7.78. The van der Waals surface area contributed by atoms with E-state index in [-0.39, 0.29) is 0 Å². The third kappa shape index (κ3) is 2.58. The molecule has 2 N–H and O–H groups in total. The largest absolute Gasteiger partial charge is 0.330 e. The number of aryl methyl sites for hydroxylation is 2. The first-order valence-electron chi connectivity index (χ1n) is 6.34. The van der Waals surface area contributed by atoms with Gasteiger partial charge in [0.1, 0.15) is 0 Å². The highest BCUT2D eigenvalue weighted by molar-refractivity contribution is 7.89. The topological polar surface area (TPSA) is 63.4 Å². The Morgan fingerprint density at radius 3 is 2.72 bits per heavy atom. The number of hydrogen-bond acceptors (Lipinski definition) is 3. The van der Waals surface area contributed by atoms with Crippen LogP contribution in [0.1, 0.15) is 24.0 Å². The molecular formula is C13H20N2O2S. The van der Waals surface area contributed by atoms with Crippen LogP contribution in [0.15, 0.2) is 23.1 Å². The molecule has 4 nitrogen and oxygen atoms in total. The monoisotopic (exact) mass is 268 g/mol. The molecule has 1 aliphatic rings. The van der Waals surface area contributed by atoms with Crippen molar-refractivity contribution < 1.29 is 8.42 Å². The summed E-state index contributed by atoms with van der Waals surface area (Å²) in [5.41, 5.74) is 7.89. The van der Waals surface area contributed by atoms with Crippen molar-refractivity contribution in [3.05, 3.63) is 29.3 Å². The van der Waals surface area contributed by atoms with Crippen LogP contribution in [0.25, 0.3) is 0 Å². The van der Waals surface area contributed by atoms with E-state index >= 15 is 0 Å². The number of rotatable bonds is 5. The number of benzene rings is 1. The molecule has 18 heavy (non-hydrogen) atoms. The highest BCUT2D eigenvalue weighted by Gasteiger charge is 2.22. The van der Waals surface area contributed by atoms with E-state index in [0.717, 1.165) is 19.3 Å². The van der Waals surface area contributed by atoms with Gasteiger partial charge in [-0.15, -0.1) is 0 Å². The Morgan fingerprint density at radius 1 is 1.28 bits per heavy atom. The zero-order valence-electron chi connectivity index (χ0n) is 10.7. The van der Waals surface area contributed by atoms with Crippen LogP contribution in [0.5, 0.6) is 0 Å². The fourth-order valence-electron chi connectivity index (χ4n) is 2.32. The second-order valence-electron chi connectivity index (χ2n) is 4.75. The van der Waals surface area contributed by atoms with Gasteiger partial charge in [-0.05, 0) is 55.5 Å². The Labute approximate surface area is 109 Å². The molecule has 0 saturated carbocycles. The van der Waals surface area contributed by atoms with E-state index in [1.807, 2.05) is 12.1 Å². The molecule has 5 heteroatoms. The molecule has 0 amide bonds. The molecule has 0 spiro atoms. The van der Waals surface area contributed by atoms with Gasteiger partial charge in [-0.3, -0.25) is 0 Å². The number of hydrogen-bond donors (Lipinski definition) is 1. The zero-order valence-corrected chi connectivity index (χ0v) is 11.5. The van der Waals surface area contributed by atoms with Gasteiger partial charge in [-0.2, -0.15) is 0 Å². The van der Waals surface area contributed by atoms with Crippen molar-refractivity contribution in [3.63, 3.8) is 0 Å². The Balaban J connectivity index is 2.24. The molecular weight excluding hydrogens is 248 g/mol. The van der Waals surface area contributed by atoms with Gasteiger partial charge in [-0.1, -0.05) is 6.07 Å². The van der Waals surface area contributed by atoms with Gasteiger partial charge in [0.15, 0.2) is 0 Å². The molecule has 100 valence electrons. The maximum atomic E-state index is 12.3. The van der Waals surface area contributed by atoms with Gasteiger partial charge in [0.05, 0.1) is 4.90 Å². The molecule has 0 unspecified atom stereocenters. The summed E-state index contributed by atoms with van der Waals surface area (Å²) in [4.78, 5) is 0.405. The lowest BCUT2D eigenvalue weighted by atomic mass is 10.1. The normalized spacial score (nSPS) is 15.1. The Bertz CT molecular complexity index is 526. The van der Waals surface area contributed by atoms with Crippen molar-refractivity contribution in [2.75, 3.05) is 20.1 Å². The van der Waals surface area contributed by atoms with Gasteiger partial charge >= 0.3 is 0 Å². The molecule has 1 aromatic carbocycles. The molecule has 1 aromatic rings. The quantitative estimate of drug-likeness (QED) is 0.871. The summed E-state index contributed by atoms with van der Waals surface area (Å²) in [5, 5.41) is 0. The molecule has 1 aliphatic carbocycles. The fourth-order valence-corrected chi connectivity index (χ4v) is 3.58. The van der Waals surface area contributed by atoms with Crippen LogP contribution in [0, 0.1) is 0 Å². The predicted octanol–water partition coefficient (Wildman–Crippen LogP) is 1.14. The molecule has 2 rings (SSSR count). The summed E-state index contributed by atoms with van der Waals surface area (Å²) < 4.78 is 26.0. The maximum absolute atomic E-state index is 12.3. The molecule has 0 saturated heterocycles. The van der Waals surface area contributed by atoms with Gasteiger partial charge in [0, 0.05) is 13.6 Å². The van der Waals surface area contributed by atoms with Gasteiger partial charge in [-0.25, -0.2) is 12.7 Å². The van der Waals surface area contributed by atoms with Crippen LogP contribution >= 0.6 is 0 Å². The fraction of sp³-hybridized carbons (Fsp3) is 0.538. The highest BCUT2D eigenvalue weighted by atomic mass is 32.2. The third-order valence-corrected chi connectivity index (χ3v) is 5.31. The first kappa shape index (κ1) is 13.5. The Kier molecular flexibility index (Phi) is 4.04. The van der Waals surface area contributed by atoms with Crippen LogP contribution in [0.2, 0.25) is 0 Å². The molecule has 0 fully saturated rings. The average molecular weight is 268 g/mol. The molecule has 0 atom stereocenters. The Morgan fingerprint density at radius 2 is 2.00 bits per heavy atom. The molecule has 0 radical (unpaired) electrons. The maximum Gasteiger partial charge on any atom is 0.242 e. The highest BCUT2D eigenvalue weighted by Crippen LogP contribution is 2.25. The minimum atomic E-state index is -3.36. The lowest BCUT2D eigenvalue weighted by Gasteiger charge is -2.17. The summed E-state index contributed by atoms with van der Waals surface area (Å²) in [5.74, 6) is 0. The van der Waals surface area contributed by atoms with Crippen molar-refractivity contribution in [2.24, 2.45) is 5.73 Å². The van der Waals surface area contributed by atoms with Crippen LogP contribution in [-0.4, -0.2) is 32.9 Å². The summed E-state index contributed by atoms with van der Waals surface area (Å²) in [6, 6.07) is 5.50. The lowest BCUT2D eigenvalue weighted by molar-refractivity contribution is 0.463. The minimum Gasteiger partial charge on any atom is -0.330 e. The Hall–Kier alpha value is -0.910. The van der Waals surface area contributed by atoms with E-state index < -0.39 is 10.0 Å². The van der Waals surface area contributed by atoms with Gasteiger partial charge in [0.2, 0.25) is 10.0 Å². The lowest BCUT2D eigenvalue weighted by Crippen LogP contribution is -2.29. The second kappa shape index (κ2) is 5.38. The van der Waals surface area contributed by atoms with Crippen LogP contribution in [0.4, 0.5) is 0 Å². The summed E-state index contributed by atoms with van der Waals surface area (Å²) >= 11 is 0. The van der Waals surface area contributed by atoms with E-state index in [1.165, 1.54) is 15.4 Å². The average Bonchev–Trinajstić information content (AvgIpc) is 2.82. The summed E-state index contributed by atoms with van der Waals surface area (Å²) in [6.07, 6.45) is 3.87. The molecule has 0 aromatic heterocycles. The number of nitrogens with two attached hydrogens (primary N) is 1. The van der Waals surface area contributed by atoms with E-state index in [4.69, 9.17) is 5.73 Å². The van der Waals surface area contributed by atoms with E-state index in [0.29, 0.717) is 24.4 Å². The molecule has 0 aliphatic heterocycles. The molecule has 0 heterocycles. The van der Waals surface area contributed by atoms with E-state index in [2.05, 4.69) is 0 Å². The van der Waals surface area contributed by atoms with Crippen molar-refractivity contribution in [1.29, 1.82) is 0 Å². The second-order valence-corrected chi connectivity index (χ2v) is 6.80.